The van der Waals surface area contributed by atoms with Gasteiger partial charge in [-0.1, -0.05) is 206 Å². The van der Waals surface area contributed by atoms with Crippen molar-refractivity contribution in [2.24, 2.45) is 0 Å². The molecule has 62 heavy (non-hydrogen) atoms. The third-order valence-corrected chi connectivity index (χ3v) is 11.9. The van der Waals surface area contributed by atoms with Gasteiger partial charge < -0.3 is 9.32 Å². The zero-order chi connectivity index (χ0) is 41.2. The van der Waals surface area contributed by atoms with Crippen molar-refractivity contribution >= 4 is 39.0 Å². The standard InChI is InChI=1S/C60H41NO/c1-3-17-42(18-4-1)43-31-33-46(34-32-43)50-22-11-14-28-57(50)61(48-38-35-44(36-39-48)47-37-40-60-56(41-47)55-27-13-16-30-59(55)62-60)58-29-15-12-26-54(58)53-25-10-9-24-52(53)51-23-8-7-21-49(51)45-19-5-2-6-20-45/h1-41H. The second-order valence-electron chi connectivity index (χ2n) is 15.6. The van der Waals surface area contributed by atoms with E-state index in [2.05, 4.69) is 241 Å². The Morgan fingerprint density at radius 2 is 0.645 bits per heavy atom. The number of anilines is 3. The minimum Gasteiger partial charge on any atom is -0.456 e. The molecule has 0 aliphatic rings. The minimum atomic E-state index is 0.898. The van der Waals surface area contributed by atoms with Crippen LogP contribution in [-0.4, -0.2) is 0 Å². The normalized spacial score (nSPS) is 11.2. The summed E-state index contributed by atoms with van der Waals surface area (Å²) in [6.45, 7) is 0. The zero-order valence-electron chi connectivity index (χ0n) is 34.0. The average molecular weight is 792 g/mol. The van der Waals surface area contributed by atoms with Gasteiger partial charge in [0.05, 0.1) is 11.4 Å². The number of benzene rings is 10. The van der Waals surface area contributed by atoms with Crippen LogP contribution < -0.4 is 4.90 Å². The van der Waals surface area contributed by atoms with Crippen molar-refractivity contribution in [1.82, 2.24) is 0 Å². The Kier molecular flexibility index (Phi) is 9.57. The van der Waals surface area contributed by atoms with Gasteiger partial charge >= 0.3 is 0 Å². The molecule has 292 valence electrons. The van der Waals surface area contributed by atoms with E-state index in [0.717, 1.165) is 66.8 Å². The lowest BCUT2D eigenvalue weighted by atomic mass is 9.88. The van der Waals surface area contributed by atoms with Crippen LogP contribution in [0, 0.1) is 0 Å². The molecule has 11 aromatic rings. The fraction of sp³-hybridized carbons (Fsp3) is 0. The van der Waals surface area contributed by atoms with Crippen LogP contribution in [0.2, 0.25) is 0 Å². The van der Waals surface area contributed by atoms with Gasteiger partial charge in [0.15, 0.2) is 0 Å². The van der Waals surface area contributed by atoms with Crippen LogP contribution in [0.4, 0.5) is 17.1 Å². The van der Waals surface area contributed by atoms with Crippen molar-refractivity contribution in [2.45, 2.75) is 0 Å². The Bertz CT molecular complexity index is 3330. The van der Waals surface area contributed by atoms with E-state index in [1.54, 1.807) is 0 Å². The van der Waals surface area contributed by atoms with E-state index in [-0.39, 0.29) is 0 Å². The Balaban J connectivity index is 1.08. The summed E-state index contributed by atoms with van der Waals surface area (Å²) >= 11 is 0. The molecule has 10 aromatic carbocycles. The molecule has 2 heteroatoms. The monoisotopic (exact) mass is 791 g/mol. The van der Waals surface area contributed by atoms with Gasteiger partial charge in [0.25, 0.3) is 0 Å². The molecule has 0 aliphatic carbocycles. The summed E-state index contributed by atoms with van der Waals surface area (Å²) < 4.78 is 6.18. The Hall–Kier alpha value is -8.20. The number of para-hydroxylation sites is 3. The summed E-state index contributed by atoms with van der Waals surface area (Å²) in [5.41, 5.74) is 19.1. The first-order valence-electron chi connectivity index (χ1n) is 21.2. The van der Waals surface area contributed by atoms with Gasteiger partial charge in [0.1, 0.15) is 11.2 Å². The maximum Gasteiger partial charge on any atom is 0.135 e. The van der Waals surface area contributed by atoms with Gasteiger partial charge in [-0.05, 0) is 98.1 Å². The smallest absolute Gasteiger partial charge is 0.135 e. The lowest BCUT2D eigenvalue weighted by Crippen LogP contribution is -2.12. The molecule has 0 aliphatic heterocycles. The molecular weight excluding hydrogens is 751 g/mol. The predicted octanol–water partition coefficient (Wildman–Crippen LogP) is 17.1. The first-order valence-corrected chi connectivity index (χ1v) is 21.2. The molecule has 0 spiro atoms. The number of hydrogen-bond donors (Lipinski definition) is 0. The minimum absolute atomic E-state index is 0.898. The molecule has 1 heterocycles. The summed E-state index contributed by atoms with van der Waals surface area (Å²) in [5.74, 6) is 0. The highest BCUT2D eigenvalue weighted by atomic mass is 16.3. The van der Waals surface area contributed by atoms with Crippen LogP contribution in [0.3, 0.4) is 0 Å². The van der Waals surface area contributed by atoms with E-state index < -0.39 is 0 Å². The van der Waals surface area contributed by atoms with Gasteiger partial charge in [0, 0.05) is 27.6 Å². The molecule has 0 unspecified atom stereocenters. The SMILES string of the molecule is c1ccc(-c2ccc(-c3ccccc3N(c3ccc(-c4ccc5oc6ccccc6c5c4)cc3)c3ccccc3-c3ccccc3-c3ccccc3-c3ccccc3)cc2)cc1. The highest BCUT2D eigenvalue weighted by molar-refractivity contribution is 6.06. The van der Waals surface area contributed by atoms with Crippen LogP contribution in [0.15, 0.2) is 253 Å². The fourth-order valence-corrected chi connectivity index (χ4v) is 8.94. The Labute approximate surface area is 362 Å². The van der Waals surface area contributed by atoms with E-state index in [1.807, 2.05) is 12.1 Å². The van der Waals surface area contributed by atoms with Crippen LogP contribution in [0.5, 0.6) is 0 Å². The predicted molar refractivity (Wildman–Crippen MR) is 261 cm³/mol. The molecule has 0 saturated heterocycles. The van der Waals surface area contributed by atoms with Crippen molar-refractivity contribution in [3.63, 3.8) is 0 Å². The third-order valence-electron chi connectivity index (χ3n) is 11.9. The summed E-state index contributed by atoms with van der Waals surface area (Å²) in [4.78, 5) is 2.44. The highest BCUT2D eigenvalue weighted by Crippen LogP contribution is 2.48. The molecule has 2 nitrogen and oxygen atoms in total. The number of hydrogen-bond acceptors (Lipinski definition) is 2. The second kappa shape index (κ2) is 16.1. The molecule has 0 fully saturated rings. The first-order chi connectivity index (χ1) is 30.8. The van der Waals surface area contributed by atoms with Crippen LogP contribution in [0.1, 0.15) is 0 Å². The molecule has 0 amide bonds. The van der Waals surface area contributed by atoms with Crippen LogP contribution in [0.25, 0.3) is 88.7 Å². The van der Waals surface area contributed by atoms with Gasteiger partial charge in [-0.2, -0.15) is 0 Å². The summed E-state index contributed by atoms with van der Waals surface area (Å²) in [5, 5.41) is 2.25. The average Bonchev–Trinajstić information content (AvgIpc) is 3.73. The van der Waals surface area contributed by atoms with Crippen LogP contribution in [-0.2, 0) is 0 Å². The Morgan fingerprint density at radius 1 is 0.242 bits per heavy atom. The lowest BCUT2D eigenvalue weighted by Gasteiger charge is -2.30. The van der Waals surface area contributed by atoms with E-state index >= 15 is 0 Å². The maximum absolute atomic E-state index is 6.18. The summed E-state index contributed by atoms with van der Waals surface area (Å²) in [6.07, 6.45) is 0. The van der Waals surface area contributed by atoms with Crippen molar-refractivity contribution in [3.8, 4) is 66.8 Å². The number of fused-ring (bicyclic) bond motifs is 3. The van der Waals surface area contributed by atoms with Gasteiger partial charge in [-0.3, -0.25) is 0 Å². The first kappa shape index (κ1) is 36.8. The topological polar surface area (TPSA) is 16.4 Å². The molecule has 1 aromatic heterocycles. The quantitative estimate of drug-likeness (QED) is 0.145. The molecule has 0 atom stereocenters. The third kappa shape index (κ3) is 6.84. The van der Waals surface area contributed by atoms with Crippen molar-refractivity contribution in [2.75, 3.05) is 4.90 Å². The van der Waals surface area contributed by atoms with E-state index in [1.165, 1.54) is 38.9 Å². The van der Waals surface area contributed by atoms with E-state index in [4.69, 9.17) is 4.42 Å². The summed E-state index contributed by atoms with van der Waals surface area (Å²) in [6, 6.07) is 89.2. The molecule has 0 bridgehead atoms. The second-order valence-corrected chi connectivity index (χ2v) is 15.6. The molecule has 0 radical (unpaired) electrons. The van der Waals surface area contributed by atoms with E-state index in [9.17, 15) is 0 Å². The highest BCUT2D eigenvalue weighted by Gasteiger charge is 2.22. The maximum atomic E-state index is 6.18. The molecule has 11 rings (SSSR count). The number of rotatable bonds is 9. The summed E-state index contributed by atoms with van der Waals surface area (Å²) in [7, 11) is 0. The Morgan fingerprint density at radius 3 is 1.34 bits per heavy atom. The zero-order valence-corrected chi connectivity index (χ0v) is 34.0. The number of nitrogens with zero attached hydrogens (tertiary/aromatic N) is 1. The van der Waals surface area contributed by atoms with Crippen molar-refractivity contribution in [3.05, 3.63) is 249 Å². The molecule has 0 saturated carbocycles. The van der Waals surface area contributed by atoms with Crippen molar-refractivity contribution in [1.29, 1.82) is 0 Å². The van der Waals surface area contributed by atoms with Crippen LogP contribution >= 0.6 is 0 Å². The largest absolute Gasteiger partial charge is 0.456 e. The molecule has 0 N–H and O–H groups in total. The van der Waals surface area contributed by atoms with Gasteiger partial charge in [-0.15, -0.1) is 0 Å². The van der Waals surface area contributed by atoms with Gasteiger partial charge in [0.2, 0.25) is 0 Å². The fourth-order valence-electron chi connectivity index (χ4n) is 8.94. The van der Waals surface area contributed by atoms with Crippen molar-refractivity contribution < 1.29 is 4.42 Å². The molecular formula is C60H41NO. The lowest BCUT2D eigenvalue weighted by molar-refractivity contribution is 0.669. The van der Waals surface area contributed by atoms with Gasteiger partial charge in [-0.25, -0.2) is 0 Å². The number of furan rings is 1. The van der Waals surface area contributed by atoms with E-state index in [0.29, 0.717) is 0 Å².